The lowest BCUT2D eigenvalue weighted by atomic mass is 10.2. The van der Waals surface area contributed by atoms with E-state index in [0.717, 1.165) is 5.69 Å². The van der Waals surface area contributed by atoms with Crippen LogP contribution in [0.2, 0.25) is 0 Å². The van der Waals surface area contributed by atoms with E-state index in [-0.39, 0.29) is 0 Å². The van der Waals surface area contributed by atoms with E-state index in [9.17, 15) is 18.0 Å². The van der Waals surface area contributed by atoms with Crippen LogP contribution in [0.1, 0.15) is 0 Å². The van der Waals surface area contributed by atoms with Crippen LogP contribution >= 0.6 is 0 Å². The number of rotatable bonds is 3. The Morgan fingerprint density at radius 1 is 1.22 bits per heavy atom. The summed E-state index contributed by atoms with van der Waals surface area (Å²) in [5.74, 6) is 0. The number of urea groups is 1. The molecule has 7 heteroatoms. The highest BCUT2D eigenvalue weighted by molar-refractivity contribution is 5.89. The number of carbonyl (C=O) groups excluding carboxylic acids is 1. The molecule has 1 aromatic carbocycles. The molecule has 0 saturated carbocycles. The lowest BCUT2D eigenvalue weighted by Gasteiger charge is -2.13. The Labute approximate surface area is 103 Å². The highest BCUT2D eigenvalue weighted by Crippen LogP contribution is 2.16. The maximum absolute atomic E-state index is 11.8. The predicted molar refractivity (Wildman–Crippen MR) is 63.8 cm³/mol. The molecule has 0 aliphatic heterocycles. The van der Waals surface area contributed by atoms with Crippen LogP contribution in [-0.4, -0.2) is 32.8 Å². The fourth-order valence-electron chi connectivity index (χ4n) is 1.20. The molecule has 0 spiro atoms. The van der Waals surface area contributed by atoms with Crippen LogP contribution in [0.25, 0.3) is 0 Å². The number of anilines is 2. The van der Waals surface area contributed by atoms with Gasteiger partial charge in [-0.05, 0) is 24.3 Å². The molecule has 100 valence electrons. The van der Waals surface area contributed by atoms with Gasteiger partial charge < -0.3 is 15.5 Å². The van der Waals surface area contributed by atoms with E-state index in [4.69, 9.17) is 0 Å². The van der Waals surface area contributed by atoms with E-state index >= 15 is 0 Å². The SMILES string of the molecule is CN(C)c1ccc(NC(=O)NCC(F)(F)F)cc1. The minimum Gasteiger partial charge on any atom is -0.378 e. The molecule has 2 N–H and O–H groups in total. The molecule has 1 aromatic rings. The zero-order valence-electron chi connectivity index (χ0n) is 10.0. The van der Waals surface area contributed by atoms with Gasteiger partial charge in [-0.1, -0.05) is 0 Å². The third kappa shape index (κ3) is 4.94. The van der Waals surface area contributed by atoms with Crippen molar-refractivity contribution in [3.05, 3.63) is 24.3 Å². The van der Waals surface area contributed by atoms with Gasteiger partial charge >= 0.3 is 12.2 Å². The molecule has 0 fully saturated rings. The molecule has 4 nitrogen and oxygen atoms in total. The quantitative estimate of drug-likeness (QED) is 0.877. The predicted octanol–water partition coefficient (Wildman–Crippen LogP) is 2.44. The highest BCUT2D eigenvalue weighted by atomic mass is 19.4. The van der Waals surface area contributed by atoms with Crippen LogP contribution in [0.4, 0.5) is 29.3 Å². The molecule has 0 unspecified atom stereocenters. The Kier molecular flexibility index (Phi) is 4.41. The van der Waals surface area contributed by atoms with Crippen LogP contribution in [-0.2, 0) is 0 Å². The molecule has 0 heterocycles. The van der Waals surface area contributed by atoms with Gasteiger partial charge in [-0.25, -0.2) is 4.79 Å². The third-order valence-corrected chi connectivity index (χ3v) is 2.09. The first kappa shape index (κ1) is 14.1. The summed E-state index contributed by atoms with van der Waals surface area (Å²) in [7, 11) is 3.72. The first-order valence-electron chi connectivity index (χ1n) is 5.17. The summed E-state index contributed by atoms with van der Waals surface area (Å²) < 4.78 is 35.5. The van der Waals surface area contributed by atoms with E-state index < -0.39 is 18.8 Å². The van der Waals surface area contributed by atoms with Gasteiger partial charge in [-0.2, -0.15) is 13.2 Å². The summed E-state index contributed by atoms with van der Waals surface area (Å²) in [6, 6.07) is 5.84. The number of hydrogen-bond donors (Lipinski definition) is 2. The topological polar surface area (TPSA) is 44.4 Å². The van der Waals surface area contributed by atoms with Gasteiger partial charge in [0.25, 0.3) is 0 Å². The Morgan fingerprint density at radius 3 is 2.22 bits per heavy atom. The Balaban J connectivity index is 2.50. The second kappa shape index (κ2) is 5.61. The number of hydrogen-bond acceptors (Lipinski definition) is 2. The largest absolute Gasteiger partial charge is 0.405 e. The van der Waals surface area contributed by atoms with Crippen LogP contribution in [0, 0.1) is 0 Å². The number of amides is 2. The monoisotopic (exact) mass is 261 g/mol. The first-order chi connectivity index (χ1) is 8.28. The van der Waals surface area contributed by atoms with E-state index in [1.807, 2.05) is 19.0 Å². The minimum atomic E-state index is -4.41. The molecule has 0 atom stereocenters. The summed E-state index contributed by atoms with van der Waals surface area (Å²) in [6.45, 7) is -1.35. The van der Waals surface area contributed by atoms with Gasteiger partial charge in [-0.3, -0.25) is 0 Å². The fourth-order valence-corrected chi connectivity index (χ4v) is 1.20. The van der Waals surface area contributed by atoms with Crippen LogP contribution in [0.3, 0.4) is 0 Å². The van der Waals surface area contributed by atoms with Gasteiger partial charge in [0.1, 0.15) is 6.54 Å². The van der Waals surface area contributed by atoms with Crippen molar-refractivity contribution < 1.29 is 18.0 Å². The van der Waals surface area contributed by atoms with Gasteiger partial charge in [0, 0.05) is 25.5 Å². The number of nitrogens with one attached hydrogen (secondary N) is 2. The number of alkyl halides is 3. The van der Waals surface area contributed by atoms with Crippen molar-refractivity contribution in [1.29, 1.82) is 0 Å². The maximum Gasteiger partial charge on any atom is 0.405 e. The van der Waals surface area contributed by atoms with Crippen molar-refractivity contribution in [2.24, 2.45) is 0 Å². The minimum absolute atomic E-state index is 0.431. The second-order valence-corrected chi connectivity index (χ2v) is 3.86. The Bertz CT molecular complexity index is 401. The summed E-state index contributed by atoms with van der Waals surface area (Å²) in [5, 5.41) is 4.04. The van der Waals surface area contributed by atoms with Crippen molar-refractivity contribution in [1.82, 2.24) is 5.32 Å². The standard InChI is InChI=1S/C11H14F3N3O/c1-17(2)9-5-3-8(4-6-9)16-10(18)15-7-11(12,13)14/h3-6H,7H2,1-2H3,(H2,15,16,18). The Hall–Kier alpha value is -1.92. The smallest absolute Gasteiger partial charge is 0.378 e. The van der Waals surface area contributed by atoms with Crippen LogP contribution in [0.5, 0.6) is 0 Å². The molecule has 1 rings (SSSR count). The Morgan fingerprint density at radius 2 is 1.78 bits per heavy atom. The first-order valence-corrected chi connectivity index (χ1v) is 5.17. The van der Waals surface area contributed by atoms with E-state index in [1.165, 1.54) is 0 Å². The van der Waals surface area contributed by atoms with Crippen molar-refractivity contribution in [3.8, 4) is 0 Å². The number of carbonyl (C=O) groups is 1. The average molecular weight is 261 g/mol. The summed E-state index contributed by atoms with van der Waals surface area (Å²) in [5.41, 5.74) is 1.36. The lowest BCUT2D eigenvalue weighted by Crippen LogP contribution is -2.36. The average Bonchev–Trinajstić information content (AvgIpc) is 2.26. The van der Waals surface area contributed by atoms with Crippen molar-refractivity contribution in [2.45, 2.75) is 6.18 Å². The van der Waals surface area contributed by atoms with Gasteiger partial charge in [0.2, 0.25) is 0 Å². The van der Waals surface area contributed by atoms with E-state index in [1.54, 1.807) is 29.6 Å². The van der Waals surface area contributed by atoms with Crippen LogP contribution in [0.15, 0.2) is 24.3 Å². The molecular formula is C11H14F3N3O. The van der Waals surface area contributed by atoms with Gasteiger partial charge in [0.15, 0.2) is 0 Å². The molecular weight excluding hydrogens is 247 g/mol. The third-order valence-electron chi connectivity index (χ3n) is 2.09. The van der Waals surface area contributed by atoms with Crippen molar-refractivity contribution in [3.63, 3.8) is 0 Å². The van der Waals surface area contributed by atoms with Gasteiger partial charge in [0.05, 0.1) is 0 Å². The van der Waals surface area contributed by atoms with E-state index in [2.05, 4.69) is 5.32 Å². The highest BCUT2D eigenvalue weighted by Gasteiger charge is 2.27. The van der Waals surface area contributed by atoms with Crippen molar-refractivity contribution >= 4 is 17.4 Å². The van der Waals surface area contributed by atoms with Crippen LogP contribution < -0.4 is 15.5 Å². The summed E-state index contributed by atoms with van der Waals surface area (Å²) in [6.07, 6.45) is -4.41. The molecule has 2 amide bonds. The molecule has 0 aliphatic rings. The number of halogens is 3. The summed E-state index contributed by atoms with van der Waals surface area (Å²) >= 11 is 0. The van der Waals surface area contributed by atoms with Gasteiger partial charge in [-0.15, -0.1) is 0 Å². The zero-order chi connectivity index (χ0) is 13.8. The van der Waals surface area contributed by atoms with Crippen molar-refractivity contribution in [2.75, 3.05) is 30.9 Å². The second-order valence-electron chi connectivity index (χ2n) is 3.86. The molecule has 0 aliphatic carbocycles. The number of nitrogens with zero attached hydrogens (tertiary/aromatic N) is 1. The molecule has 0 bridgehead atoms. The fraction of sp³-hybridized carbons (Fsp3) is 0.364. The number of benzene rings is 1. The normalized spacial score (nSPS) is 10.9. The molecule has 0 radical (unpaired) electrons. The molecule has 0 saturated heterocycles. The molecule has 0 aromatic heterocycles. The lowest BCUT2D eigenvalue weighted by molar-refractivity contribution is -0.122. The zero-order valence-corrected chi connectivity index (χ0v) is 10.0. The summed E-state index contributed by atoms with van der Waals surface area (Å²) in [4.78, 5) is 13.0. The van der Waals surface area contributed by atoms with E-state index in [0.29, 0.717) is 5.69 Å². The molecule has 18 heavy (non-hydrogen) atoms. The maximum atomic E-state index is 11.8.